The minimum atomic E-state index is -0.174. The molecule has 2 amide bonds. The molecule has 3 N–H and O–H groups in total. The van der Waals surface area contributed by atoms with E-state index < -0.39 is 0 Å². The van der Waals surface area contributed by atoms with Crippen molar-refractivity contribution in [3.63, 3.8) is 0 Å². The summed E-state index contributed by atoms with van der Waals surface area (Å²) in [5.74, 6) is 0.910. The molecule has 1 heterocycles. The van der Waals surface area contributed by atoms with Crippen molar-refractivity contribution in [2.24, 2.45) is 17.3 Å². The van der Waals surface area contributed by atoms with Gasteiger partial charge in [-0.1, -0.05) is 68.1 Å². The number of ether oxygens (including phenoxy) is 2. The third kappa shape index (κ3) is 8.98. The summed E-state index contributed by atoms with van der Waals surface area (Å²) in [5.41, 5.74) is 0.166. The van der Waals surface area contributed by atoms with Gasteiger partial charge in [-0.3, -0.25) is 14.9 Å². The Bertz CT molecular complexity index is 960. The summed E-state index contributed by atoms with van der Waals surface area (Å²) in [6, 6.07) is 4.99. The molecule has 3 fully saturated rings. The second-order valence-electron chi connectivity index (χ2n) is 12.2. The molecule has 3 aliphatic rings. The van der Waals surface area contributed by atoms with E-state index in [1.54, 1.807) is 18.2 Å². The molecule has 2 saturated carbocycles. The van der Waals surface area contributed by atoms with Crippen LogP contribution in [-0.2, 0) is 14.3 Å². The molecule has 0 aromatic heterocycles. The number of piperidine rings is 1. The predicted octanol–water partition coefficient (Wildman–Crippen LogP) is 6.26. The highest BCUT2D eigenvalue weighted by Crippen LogP contribution is 2.44. The lowest BCUT2D eigenvalue weighted by Crippen LogP contribution is -2.56. The molecular weight excluding hydrogens is 549 g/mol. The Morgan fingerprint density at radius 2 is 1.65 bits per heavy atom. The Morgan fingerprint density at radius 3 is 2.30 bits per heavy atom. The van der Waals surface area contributed by atoms with E-state index in [0.717, 1.165) is 38.6 Å². The molecule has 0 radical (unpaired) electrons. The lowest BCUT2D eigenvalue weighted by molar-refractivity contribution is -0.127. The first-order valence-corrected chi connectivity index (χ1v) is 16.1. The van der Waals surface area contributed by atoms with Gasteiger partial charge in [0, 0.05) is 43.6 Å². The summed E-state index contributed by atoms with van der Waals surface area (Å²) < 4.78 is 11.5. The van der Waals surface area contributed by atoms with Gasteiger partial charge in [-0.25, -0.2) is 0 Å². The number of hydrogen-bond acceptors (Lipinski definition) is 5. The van der Waals surface area contributed by atoms with E-state index in [1.807, 2.05) is 7.11 Å². The van der Waals surface area contributed by atoms with Crippen molar-refractivity contribution < 1.29 is 19.1 Å². The molecule has 4 rings (SSSR count). The normalized spacial score (nSPS) is 27.5. The molecular formula is C31H47Cl2N3O4. The van der Waals surface area contributed by atoms with Gasteiger partial charge in [0.1, 0.15) is 12.0 Å². The van der Waals surface area contributed by atoms with Gasteiger partial charge in [0.15, 0.2) is 6.61 Å². The molecule has 1 aromatic rings. The van der Waals surface area contributed by atoms with Crippen LogP contribution in [0.1, 0.15) is 89.9 Å². The van der Waals surface area contributed by atoms with E-state index in [9.17, 15) is 9.59 Å². The summed E-state index contributed by atoms with van der Waals surface area (Å²) >= 11 is 11.9. The Hall–Kier alpha value is -1.54. The number of hydrogen-bond donors (Lipinski definition) is 3. The minimum Gasteiger partial charge on any atom is -0.484 e. The summed E-state index contributed by atoms with van der Waals surface area (Å²) in [5, 5.41) is 10.8. The average molecular weight is 597 g/mol. The Morgan fingerprint density at radius 1 is 0.975 bits per heavy atom. The van der Waals surface area contributed by atoms with E-state index >= 15 is 0 Å². The molecule has 224 valence electrons. The maximum absolute atomic E-state index is 13.1. The molecule has 9 heteroatoms. The van der Waals surface area contributed by atoms with Crippen LogP contribution in [0.4, 0.5) is 0 Å². The van der Waals surface area contributed by atoms with Crippen LogP contribution in [-0.4, -0.2) is 50.9 Å². The fourth-order valence-corrected chi connectivity index (χ4v) is 7.31. The number of carbonyl (C=O) groups excluding carboxylic acids is 2. The topological polar surface area (TPSA) is 88.7 Å². The molecule has 2 aliphatic carbocycles. The van der Waals surface area contributed by atoms with Crippen LogP contribution in [0.15, 0.2) is 18.2 Å². The number of halogens is 2. The van der Waals surface area contributed by atoms with Gasteiger partial charge in [0.25, 0.3) is 5.91 Å². The zero-order valence-corrected chi connectivity index (χ0v) is 25.5. The fraction of sp³-hybridized carbons (Fsp3) is 0.742. The number of amides is 2. The Labute approximate surface area is 249 Å². The molecule has 7 nitrogen and oxygen atoms in total. The van der Waals surface area contributed by atoms with E-state index in [1.165, 1.54) is 57.8 Å². The SMILES string of the molecule is COC1NCC(CNC(=O)[C@H]2CC[C@H](NC(=O)COc3ccc(Cl)c(Cl)c3)CC2)CC12CCCCCCCCC2. The van der Waals surface area contributed by atoms with Crippen molar-refractivity contribution in [2.45, 2.75) is 102 Å². The molecule has 2 unspecified atom stereocenters. The van der Waals surface area contributed by atoms with Crippen molar-refractivity contribution in [1.82, 2.24) is 16.0 Å². The molecule has 1 spiro atoms. The van der Waals surface area contributed by atoms with Crippen LogP contribution in [0.3, 0.4) is 0 Å². The van der Waals surface area contributed by atoms with E-state index in [0.29, 0.717) is 28.3 Å². The minimum absolute atomic E-state index is 0.00602. The number of carbonyl (C=O) groups is 2. The first-order valence-electron chi connectivity index (χ1n) is 15.3. The predicted molar refractivity (Wildman–Crippen MR) is 160 cm³/mol. The summed E-state index contributed by atoms with van der Waals surface area (Å²) in [7, 11) is 1.84. The van der Waals surface area contributed by atoms with Crippen LogP contribution < -0.4 is 20.7 Å². The summed E-state index contributed by atoms with van der Waals surface area (Å²) in [6.07, 6.45) is 16.0. The molecule has 2 atom stereocenters. The first kappa shape index (κ1) is 31.4. The largest absolute Gasteiger partial charge is 0.484 e. The fourth-order valence-electron chi connectivity index (χ4n) is 7.03. The van der Waals surface area contributed by atoms with Gasteiger partial charge in [-0.05, 0) is 63.0 Å². The first-order chi connectivity index (χ1) is 19.4. The zero-order chi connectivity index (χ0) is 28.4. The van der Waals surface area contributed by atoms with Crippen LogP contribution in [0, 0.1) is 17.3 Å². The van der Waals surface area contributed by atoms with Crippen LogP contribution in [0.25, 0.3) is 0 Å². The molecule has 1 saturated heterocycles. The summed E-state index contributed by atoms with van der Waals surface area (Å²) in [4.78, 5) is 25.5. The lowest BCUT2D eigenvalue weighted by Gasteiger charge is -2.47. The third-order valence-corrected chi connectivity index (χ3v) is 9.96. The zero-order valence-electron chi connectivity index (χ0n) is 24.0. The lowest BCUT2D eigenvalue weighted by atomic mass is 9.68. The number of benzene rings is 1. The number of nitrogens with one attached hydrogen (secondary N) is 3. The third-order valence-electron chi connectivity index (χ3n) is 9.22. The van der Waals surface area contributed by atoms with Gasteiger partial charge >= 0.3 is 0 Å². The standard InChI is InChI=1S/C31H47Cl2N3O4/c1-39-30-31(15-7-5-3-2-4-6-8-16-31)18-22(20-35-30)19-34-29(38)23-9-11-24(12-10-23)36-28(37)21-40-25-13-14-26(32)27(33)17-25/h13-14,17,22-24,30,35H,2-12,15-16,18-21H2,1H3,(H,34,38)(H,36,37)/t22?,23-,24-,30?. The van der Waals surface area contributed by atoms with Gasteiger partial charge in [0.05, 0.1) is 10.0 Å². The molecule has 0 bridgehead atoms. The quantitative estimate of drug-likeness (QED) is 0.330. The van der Waals surface area contributed by atoms with Gasteiger partial charge < -0.3 is 20.1 Å². The molecule has 1 aromatic carbocycles. The van der Waals surface area contributed by atoms with Crippen molar-refractivity contribution in [3.8, 4) is 5.75 Å². The highest BCUT2D eigenvalue weighted by atomic mass is 35.5. The number of methoxy groups -OCH3 is 1. The van der Waals surface area contributed by atoms with E-state index in [2.05, 4.69) is 16.0 Å². The van der Waals surface area contributed by atoms with E-state index in [-0.39, 0.29) is 42.0 Å². The Balaban J connectivity index is 1.18. The monoisotopic (exact) mass is 595 g/mol. The molecule has 40 heavy (non-hydrogen) atoms. The second-order valence-corrected chi connectivity index (χ2v) is 13.0. The highest BCUT2D eigenvalue weighted by molar-refractivity contribution is 6.42. The number of rotatable bonds is 8. The van der Waals surface area contributed by atoms with Crippen LogP contribution in [0.2, 0.25) is 10.0 Å². The van der Waals surface area contributed by atoms with E-state index in [4.69, 9.17) is 32.7 Å². The smallest absolute Gasteiger partial charge is 0.258 e. The maximum Gasteiger partial charge on any atom is 0.258 e. The molecule has 1 aliphatic heterocycles. The Kier molecular flexibility index (Phi) is 12.3. The summed E-state index contributed by atoms with van der Waals surface area (Å²) in [6.45, 7) is 1.51. The van der Waals surface area contributed by atoms with Crippen LogP contribution in [0.5, 0.6) is 5.75 Å². The maximum atomic E-state index is 13.1. The van der Waals surface area contributed by atoms with Gasteiger partial charge in [-0.2, -0.15) is 0 Å². The van der Waals surface area contributed by atoms with Crippen molar-refractivity contribution in [2.75, 3.05) is 26.8 Å². The van der Waals surface area contributed by atoms with Gasteiger partial charge in [-0.15, -0.1) is 0 Å². The second kappa shape index (κ2) is 15.6. The average Bonchev–Trinajstić information content (AvgIpc) is 2.96. The van der Waals surface area contributed by atoms with Crippen LogP contribution >= 0.6 is 23.2 Å². The van der Waals surface area contributed by atoms with Crippen molar-refractivity contribution in [1.29, 1.82) is 0 Å². The highest BCUT2D eigenvalue weighted by Gasteiger charge is 2.43. The van der Waals surface area contributed by atoms with Crippen molar-refractivity contribution >= 4 is 35.0 Å². The van der Waals surface area contributed by atoms with Crippen molar-refractivity contribution in [3.05, 3.63) is 28.2 Å². The van der Waals surface area contributed by atoms with Gasteiger partial charge in [0.2, 0.25) is 5.91 Å².